The van der Waals surface area contributed by atoms with Crippen LogP contribution < -0.4 is 4.72 Å². The maximum atomic E-state index is 13.9. The Bertz CT molecular complexity index is 842. The Kier molecular flexibility index (Phi) is 4.09. The molecule has 0 aliphatic carbocycles. The molecule has 2 aromatic rings. The highest BCUT2D eigenvalue weighted by molar-refractivity contribution is 7.89. The number of nitrogens with zero attached hydrogens (tertiary/aromatic N) is 1. The molecule has 1 heterocycles. The van der Waals surface area contributed by atoms with E-state index in [9.17, 15) is 12.8 Å². The van der Waals surface area contributed by atoms with Crippen LogP contribution in [0.25, 0.3) is 11.3 Å². The van der Waals surface area contributed by atoms with E-state index in [1.165, 1.54) is 30.5 Å². The molecule has 0 saturated carbocycles. The zero-order valence-corrected chi connectivity index (χ0v) is 13.3. The fourth-order valence-corrected chi connectivity index (χ4v) is 3.36. The van der Waals surface area contributed by atoms with Gasteiger partial charge in [0.15, 0.2) is 0 Å². The van der Waals surface area contributed by atoms with Crippen LogP contribution in [0, 0.1) is 17.1 Å². The first-order valence-electron chi connectivity index (χ1n) is 6.55. The van der Waals surface area contributed by atoms with E-state index in [2.05, 4.69) is 9.71 Å². The molecule has 0 spiro atoms. The molecule has 7 heteroatoms. The average molecular weight is 321 g/mol. The molecular weight excluding hydrogens is 305 g/mol. The normalized spacial score (nSPS) is 12.1. The minimum Gasteiger partial charge on any atom is -0.360 e. The zero-order chi connectivity index (χ0) is 16.5. The Morgan fingerprint density at radius 2 is 1.95 bits per heavy atom. The first-order chi connectivity index (χ1) is 10.1. The second-order valence-electron chi connectivity index (χ2n) is 5.91. The number of halogens is 1. The number of nitrogens with one attached hydrogen (secondary N) is 2. The van der Waals surface area contributed by atoms with Crippen LogP contribution in [0.3, 0.4) is 0 Å². The molecule has 0 aliphatic rings. The van der Waals surface area contributed by atoms with Gasteiger partial charge in [0, 0.05) is 23.0 Å². The molecule has 0 unspecified atom stereocenters. The van der Waals surface area contributed by atoms with Crippen molar-refractivity contribution in [2.45, 2.75) is 31.2 Å². The van der Waals surface area contributed by atoms with Crippen molar-refractivity contribution in [3.05, 3.63) is 41.8 Å². The van der Waals surface area contributed by atoms with Crippen molar-refractivity contribution in [3.8, 4) is 17.3 Å². The molecule has 1 aromatic carbocycles. The van der Waals surface area contributed by atoms with E-state index >= 15 is 0 Å². The van der Waals surface area contributed by atoms with Crippen molar-refractivity contribution in [2.75, 3.05) is 0 Å². The standard InChI is InChI=1S/C15H16FN3O2S/c1-15(2,3)19-22(20,21)11-7-14(18-9-11)12-6-10(8-17)4-5-13(12)16/h4-7,9,18-19H,1-3H3. The maximum Gasteiger partial charge on any atom is 0.242 e. The highest BCUT2D eigenvalue weighted by Gasteiger charge is 2.23. The molecule has 116 valence electrons. The Labute approximate surface area is 128 Å². The molecule has 0 atom stereocenters. The molecule has 5 nitrogen and oxygen atoms in total. The number of aromatic nitrogens is 1. The van der Waals surface area contributed by atoms with Gasteiger partial charge in [-0.15, -0.1) is 0 Å². The van der Waals surface area contributed by atoms with E-state index in [0.29, 0.717) is 11.3 Å². The van der Waals surface area contributed by atoms with Gasteiger partial charge in [-0.05, 0) is 45.0 Å². The van der Waals surface area contributed by atoms with Crippen LogP contribution >= 0.6 is 0 Å². The highest BCUT2D eigenvalue weighted by Crippen LogP contribution is 2.25. The summed E-state index contributed by atoms with van der Waals surface area (Å²) in [4.78, 5) is 2.75. The Morgan fingerprint density at radius 1 is 1.27 bits per heavy atom. The lowest BCUT2D eigenvalue weighted by Gasteiger charge is -2.19. The van der Waals surface area contributed by atoms with Gasteiger partial charge in [0.25, 0.3) is 0 Å². The van der Waals surface area contributed by atoms with Gasteiger partial charge in [-0.1, -0.05) is 0 Å². The Balaban J connectivity index is 2.43. The van der Waals surface area contributed by atoms with Crippen LogP contribution in [-0.4, -0.2) is 18.9 Å². The van der Waals surface area contributed by atoms with Gasteiger partial charge in [-0.3, -0.25) is 0 Å². The fraction of sp³-hybridized carbons (Fsp3) is 0.267. The van der Waals surface area contributed by atoms with E-state index < -0.39 is 21.4 Å². The summed E-state index contributed by atoms with van der Waals surface area (Å²) in [6, 6.07) is 7.17. The monoisotopic (exact) mass is 321 g/mol. The van der Waals surface area contributed by atoms with E-state index in [4.69, 9.17) is 5.26 Å². The minimum absolute atomic E-state index is 0.0131. The van der Waals surface area contributed by atoms with Crippen molar-refractivity contribution in [1.82, 2.24) is 9.71 Å². The number of hydrogen-bond donors (Lipinski definition) is 2. The number of nitriles is 1. The van der Waals surface area contributed by atoms with Crippen molar-refractivity contribution >= 4 is 10.0 Å². The first kappa shape index (κ1) is 16.2. The smallest absolute Gasteiger partial charge is 0.242 e. The molecule has 0 amide bonds. The fourth-order valence-electron chi connectivity index (χ4n) is 1.95. The molecule has 0 bridgehead atoms. The van der Waals surface area contributed by atoms with E-state index in [-0.39, 0.29) is 10.5 Å². The first-order valence-corrected chi connectivity index (χ1v) is 8.03. The summed E-state index contributed by atoms with van der Waals surface area (Å²) in [6.07, 6.45) is 1.29. The summed E-state index contributed by atoms with van der Waals surface area (Å²) in [5.74, 6) is -0.534. The number of hydrogen-bond acceptors (Lipinski definition) is 3. The predicted octanol–water partition coefficient (Wildman–Crippen LogP) is 2.77. The number of rotatable bonds is 3. The second-order valence-corrected chi connectivity index (χ2v) is 7.59. The highest BCUT2D eigenvalue weighted by atomic mass is 32.2. The van der Waals surface area contributed by atoms with Gasteiger partial charge >= 0.3 is 0 Å². The topological polar surface area (TPSA) is 85.8 Å². The molecule has 2 N–H and O–H groups in total. The third kappa shape index (κ3) is 3.53. The molecule has 22 heavy (non-hydrogen) atoms. The number of benzene rings is 1. The summed E-state index contributed by atoms with van der Waals surface area (Å²) in [5, 5.41) is 8.87. The Hall–Kier alpha value is -2.17. The molecule has 2 rings (SSSR count). The lowest BCUT2D eigenvalue weighted by Crippen LogP contribution is -2.40. The average Bonchev–Trinajstić information content (AvgIpc) is 2.87. The van der Waals surface area contributed by atoms with Crippen molar-refractivity contribution in [1.29, 1.82) is 5.26 Å². The van der Waals surface area contributed by atoms with Gasteiger partial charge in [0.2, 0.25) is 10.0 Å². The van der Waals surface area contributed by atoms with E-state index in [1.807, 2.05) is 6.07 Å². The van der Waals surface area contributed by atoms with Crippen LogP contribution in [0.2, 0.25) is 0 Å². The number of aromatic amines is 1. The summed E-state index contributed by atoms with van der Waals surface area (Å²) in [6.45, 7) is 5.19. The van der Waals surface area contributed by atoms with Gasteiger partial charge in [0.05, 0.1) is 11.6 Å². The van der Waals surface area contributed by atoms with Crippen molar-refractivity contribution in [2.24, 2.45) is 0 Å². The molecule has 0 radical (unpaired) electrons. The summed E-state index contributed by atoms with van der Waals surface area (Å²) in [7, 11) is -3.70. The third-order valence-electron chi connectivity index (χ3n) is 2.79. The SMILES string of the molecule is CC(C)(C)NS(=O)(=O)c1c[nH]c(-c2cc(C#N)ccc2F)c1. The summed E-state index contributed by atoms with van der Waals surface area (Å²) < 4.78 is 40.8. The lowest BCUT2D eigenvalue weighted by atomic mass is 10.1. The van der Waals surface area contributed by atoms with Gasteiger partial charge < -0.3 is 4.98 Å². The minimum atomic E-state index is -3.70. The predicted molar refractivity (Wildman–Crippen MR) is 81.0 cm³/mol. The van der Waals surface area contributed by atoms with Gasteiger partial charge in [-0.2, -0.15) is 5.26 Å². The van der Waals surface area contributed by atoms with Crippen LogP contribution in [0.1, 0.15) is 26.3 Å². The van der Waals surface area contributed by atoms with E-state index in [1.54, 1.807) is 20.8 Å². The van der Waals surface area contributed by atoms with Crippen molar-refractivity contribution < 1.29 is 12.8 Å². The van der Waals surface area contributed by atoms with Crippen LogP contribution in [-0.2, 0) is 10.0 Å². The lowest BCUT2D eigenvalue weighted by molar-refractivity contribution is 0.491. The van der Waals surface area contributed by atoms with E-state index in [0.717, 1.165) is 0 Å². The Morgan fingerprint density at radius 3 is 2.55 bits per heavy atom. The van der Waals surface area contributed by atoms with Crippen LogP contribution in [0.5, 0.6) is 0 Å². The number of sulfonamides is 1. The molecule has 0 aliphatic heterocycles. The second kappa shape index (κ2) is 5.55. The molecule has 0 fully saturated rings. The van der Waals surface area contributed by atoms with Crippen LogP contribution in [0.15, 0.2) is 35.4 Å². The van der Waals surface area contributed by atoms with Gasteiger partial charge in [-0.25, -0.2) is 17.5 Å². The quantitative estimate of drug-likeness (QED) is 0.911. The van der Waals surface area contributed by atoms with Gasteiger partial charge in [0.1, 0.15) is 10.7 Å². The zero-order valence-electron chi connectivity index (χ0n) is 12.4. The molecule has 0 saturated heterocycles. The third-order valence-corrected chi connectivity index (χ3v) is 4.53. The van der Waals surface area contributed by atoms with Crippen molar-refractivity contribution in [3.63, 3.8) is 0 Å². The molecule has 1 aromatic heterocycles. The summed E-state index contributed by atoms with van der Waals surface area (Å²) >= 11 is 0. The maximum absolute atomic E-state index is 13.9. The van der Waals surface area contributed by atoms with Crippen LogP contribution in [0.4, 0.5) is 4.39 Å². The largest absolute Gasteiger partial charge is 0.360 e. The molecular formula is C15H16FN3O2S. The number of H-pyrrole nitrogens is 1. The summed E-state index contributed by atoms with van der Waals surface area (Å²) in [5.41, 5.74) is 0.116.